The minimum absolute atomic E-state index is 0.215. The summed E-state index contributed by atoms with van der Waals surface area (Å²) in [6.45, 7) is 14.8. The third kappa shape index (κ3) is 8.83. The molecule has 0 saturated heterocycles. The highest BCUT2D eigenvalue weighted by molar-refractivity contribution is 6.34. The number of hydrogen-bond donors (Lipinski definition) is 2. The fraction of sp³-hybridized carbons (Fsp3) is 0.382. The largest absolute Gasteiger partial charge is 0.444 e. The molecular weight excluding hydrogens is 550 g/mol. The number of amides is 3. The molecule has 8 heteroatoms. The van der Waals surface area contributed by atoms with E-state index >= 15 is 0 Å². The molecule has 2 atom stereocenters. The van der Waals surface area contributed by atoms with Gasteiger partial charge in [-0.25, -0.2) is 4.79 Å². The van der Waals surface area contributed by atoms with Crippen LogP contribution in [0.15, 0.2) is 66.7 Å². The maximum Gasteiger partial charge on any atom is 0.408 e. The van der Waals surface area contributed by atoms with Crippen LogP contribution in [0.4, 0.5) is 10.5 Å². The second-order valence-corrected chi connectivity index (χ2v) is 12.4. The molecule has 0 aromatic heterocycles. The molecule has 3 amide bonds. The minimum Gasteiger partial charge on any atom is -0.444 e. The number of aryl methyl sites for hydroxylation is 3. The molecule has 0 fully saturated rings. The van der Waals surface area contributed by atoms with Crippen molar-refractivity contribution in [1.82, 2.24) is 10.2 Å². The molecule has 224 valence electrons. The molecule has 0 aliphatic rings. The van der Waals surface area contributed by atoms with Crippen LogP contribution < -0.4 is 10.6 Å². The zero-order valence-electron chi connectivity index (χ0n) is 25.7. The first-order valence-corrected chi connectivity index (χ1v) is 14.5. The van der Waals surface area contributed by atoms with Gasteiger partial charge < -0.3 is 20.3 Å². The van der Waals surface area contributed by atoms with Gasteiger partial charge in [-0.1, -0.05) is 83.4 Å². The van der Waals surface area contributed by atoms with Gasteiger partial charge in [-0.05, 0) is 78.1 Å². The number of nitrogens with one attached hydrogen (secondary N) is 2. The first-order valence-electron chi connectivity index (χ1n) is 14.2. The first-order chi connectivity index (χ1) is 19.7. The smallest absolute Gasteiger partial charge is 0.408 e. The molecule has 0 aliphatic carbocycles. The van der Waals surface area contributed by atoms with Crippen LogP contribution in [0, 0.1) is 20.8 Å². The number of anilines is 1. The second kappa shape index (κ2) is 13.9. The highest BCUT2D eigenvalue weighted by Gasteiger charge is 2.38. The molecule has 3 aromatic carbocycles. The van der Waals surface area contributed by atoms with Crippen molar-refractivity contribution >= 4 is 35.2 Å². The van der Waals surface area contributed by atoms with Gasteiger partial charge in [0, 0.05) is 12.5 Å². The van der Waals surface area contributed by atoms with Gasteiger partial charge in [0.1, 0.15) is 17.7 Å². The molecule has 3 rings (SSSR count). The Morgan fingerprint density at radius 3 is 2.07 bits per heavy atom. The summed E-state index contributed by atoms with van der Waals surface area (Å²) < 4.78 is 5.51. The molecule has 3 aromatic rings. The molecule has 0 aliphatic heterocycles. The fourth-order valence-corrected chi connectivity index (χ4v) is 5.22. The number of benzene rings is 3. The lowest BCUT2D eigenvalue weighted by molar-refractivity contribution is -0.142. The molecule has 2 unspecified atom stereocenters. The molecule has 2 N–H and O–H groups in total. The number of carbonyl (C=O) groups is 3. The summed E-state index contributed by atoms with van der Waals surface area (Å²) in [5, 5.41) is 6.18. The van der Waals surface area contributed by atoms with Crippen molar-refractivity contribution in [2.45, 2.75) is 85.5 Å². The number of carbonyl (C=O) groups excluding carboxylic acids is 3. The van der Waals surface area contributed by atoms with E-state index in [9.17, 15) is 14.4 Å². The van der Waals surface area contributed by atoms with E-state index in [1.54, 1.807) is 31.7 Å². The van der Waals surface area contributed by atoms with Crippen LogP contribution in [0.5, 0.6) is 0 Å². The lowest BCUT2D eigenvalue weighted by atomic mass is 9.96. The predicted octanol–water partition coefficient (Wildman–Crippen LogP) is 7.32. The minimum atomic E-state index is -1.01. The Balaban J connectivity index is 2.11. The van der Waals surface area contributed by atoms with Crippen LogP contribution in [-0.4, -0.2) is 40.5 Å². The van der Waals surface area contributed by atoms with Crippen LogP contribution >= 0.6 is 11.6 Å². The van der Waals surface area contributed by atoms with Crippen LogP contribution in [0.25, 0.3) is 0 Å². The van der Waals surface area contributed by atoms with E-state index in [1.165, 1.54) is 0 Å². The van der Waals surface area contributed by atoms with Crippen molar-refractivity contribution < 1.29 is 19.1 Å². The zero-order chi connectivity index (χ0) is 31.2. The Morgan fingerprint density at radius 1 is 0.905 bits per heavy atom. The van der Waals surface area contributed by atoms with Crippen molar-refractivity contribution in [3.05, 3.63) is 99.6 Å². The third-order valence-corrected chi connectivity index (χ3v) is 6.95. The quantitative estimate of drug-likeness (QED) is 0.273. The number of para-hydroxylation sites is 1. The Bertz CT molecular complexity index is 1380. The summed E-state index contributed by atoms with van der Waals surface area (Å²) in [7, 11) is 0. The Labute approximate surface area is 254 Å². The summed E-state index contributed by atoms with van der Waals surface area (Å²) >= 11 is 6.47. The summed E-state index contributed by atoms with van der Waals surface area (Å²) in [6, 6.07) is 18.2. The molecule has 0 radical (unpaired) electrons. The van der Waals surface area contributed by atoms with E-state index in [0.29, 0.717) is 16.3 Å². The Morgan fingerprint density at radius 2 is 1.52 bits per heavy atom. The molecule has 0 heterocycles. The highest BCUT2D eigenvalue weighted by Crippen LogP contribution is 2.31. The molecule has 7 nitrogen and oxygen atoms in total. The first kappa shape index (κ1) is 32.7. The SMILES string of the molecule is Cc1cc(C)cc(C(C(=O)Nc2c(C)cccc2Cl)N(C(=O)C(Cc2ccccc2)NC(=O)OC(C)(C)C)C(C)C)c1. The Hall–Kier alpha value is -3.84. The van der Waals surface area contributed by atoms with Gasteiger partial charge >= 0.3 is 6.09 Å². The van der Waals surface area contributed by atoms with Crippen LogP contribution in [0.3, 0.4) is 0 Å². The highest BCUT2D eigenvalue weighted by atomic mass is 35.5. The van der Waals surface area contributed by atoms with Crippen molar-refractivity contribution in [2.75, 3.05) is 5.32 Å². The molecular formula is C34H42ClN3O4. The Kier molecular flexibility index (Phi) is 10.8. The molecule has 0 saturated carbocycles. The molecule has 0 spiro atoms. The number of hydrogen-bond acceptors (Lipinski definition) is 4. The van der Waals surface area contributed by atoms with Gasteiger partial charge in [0.2, 0.25) is 5.91 Å². The number of ether oxygens (including phenoxy) is 1. The number of nitrogens with zero attached hydrogens (tertiary/aromatic N) is 1. The lowest BCUT2D eigenvalue weighted by Gasteiger charge is -2.37. The van der Waals surface area contributed by atoms with Crippen molar-refractivity contribution in [1.29, 1.82) is 0 Å². The van der Waals surface area contributed by atoms with E-state index in [1.807, 2.05) is 95.3 Å². The monoisotopic (exact) mass is 591 g/mol. The summed E-state index contributed by atoms with van der Waals surface area (Å²) in [5.74, 6) is -0.816. The maximum absolute atomic E-state index is 14.5. The van der Waals surface area contributed by atoms with E-state index in [2.05, 4.69) is 10.6 Å². The van der Waals surface area contributed by atoms with Crippen LogP contribution in [-0.2, 0) is 20.7 Å². The van der Waals surface area contributed by atoms with Gasteiger partial charge in [0.25, 0.3) is 5.91 Å². The average molecular weight is 592 g/mol. The van der Waals surface area contributed by atoms with Gasteiger partial charge in [0.15, 0.2) is 0 Å². The molecule has 0 bridgehead atoms. The number of alkyl carbamates (subject to hydrolysis) is 1. The fourth-order valence-electron chi connectivity index (χ4n) is 4.95. The number of rotatable bonds is 9. The van der Waals surface area contributed by atoms with Crippen molar-refractivity contribution in [3.8, 4) is 0 Å². The van der Waals surface area contributed by atoms with Crippen LogP contribution in [0.2, 0.25) is 5.02 Å². The van der Waals surface area contributed by atoms with E-state index in [0.717, 1.165) is 22.3 Å². The van der Waals surface area contributed by atoms with Gasteiger partial charge in [0.05, 0.1) is 10.7 Å². The van der Waals surface area contributed by atoms with Gasteiger partial charge in [-0.15, -0.1) is 0 Å². The lowest BCUT2D eigenvalue weighted by Crippen LogP contribution is -2.55. The van der Waals surface area contributed by atoms with E-state index in [-0.39, 0.29) is 6.42 Å². The van der Waals surface area contributed by atoms with Crippen molar-refractivity contribution in [2.24, 2.45) is 0 Å². The average Bonchev–Trinajstić information content (AvgIpc) is 2.87. The predicted molar refractivity (Wildman–Crippen MR) is 169 cm³/mol. The topological polar surface area (TPSA) is 87.7 Å². The molecule has 42 heavy (non-hydrogen) atoms. The third-order valence-electron chi connectivity index (χ3n) is 6.64. The second-order valence-electron chi connectivity index (χ2n) is 12.0. The summed E-state index contributed by atoms with van der Waals surface area (Å²) in [6.07, 6.45) is -0.494. The van der Waals surface area contributed by atoms with Crippen molar-refractivity contribution in [3.63, 3.8) is 0 Å². The normalized spacial score (nSPS) is 12.8. The number of halogens is 1. The zero-order valence-corrected chi connectivity index (χ0v) is 26.5. The van der Waals surface area contributed by atoms with Crippen LogP contribution in [0.1, 0.15) is 68.5 Å². The van der Waals surface area contributed by atoms with E-state index in [4.69, 9.17) is 16.3 Å². The summed E-state index contributed by atoms with van der Waals surface area (Å²) in [5.41, 5.74) is 3.97. The van der Waals surface area contributed by atoms with E-state index < -0.39 is 41.6 Å². The van der Waals surface area contributed by atoms with Gasteiger partial charge in [-0.2, -0.15) is 0 Å². The summed E-state index contributed by atoms with van der Waals surface area (Å²) in [4.78, 5) is 43.2. The standard InChI is InChI=1S/C34H42ClN3O4/c1-21(2)38(32(40)28(20-25-14-10-9-11-15-25)36-33(41)42-34(6,7)8)30(26-18-22(3)17-23(4)19-26)31(39)37-29-24(5)13-12-16-27(29)35/h9-19,21,28,30H,20H2,1-8H3,(H,36,41)(H,37,39). The maximum atomic E-state index is 14.5. The van der Waals surface area contributed by atoms with Gasteiger partial charge in [-0.3, -0.25) is 9.59 Å².